The summed E-state index contributed by atoms with van der Waals surface area (Å²) in [6.07, 6.45) is 1.59. The first kappa shape index (κ1) is 13.6. The molecule has 7 nitrogen and oxygen atoms in total. The fourth-order valence-corrected chi connectivity index (χ4v) is 2.25. The Labute approximate surface area is 128 Å². The molecule has 0 saturated carbocycles. The van der Waals surface area contributed by atoms with Crippen molar-refractivity contribution >= 4 is 28.1 Å². The lowest BCUT2D eigenvalue weighted by molar-refractivity contribution is 0.174. The Morgan fingerprint density at radius 3 is 2.90 bits per heavy atom. The van der Waals surface area contributed by atoms with Crippen LogP contribution in [0.15, 0.2) is 32.6 Å². The minimum Gasteiger partial charge on any atom is -0.454 e. The van der Waals surface area contributed by atoms with Crippen LogP contribution in [0.25, 0.3) is 0 Å². The molecule has 1 aromatic carbocycles. The lowest BCUT2D eigenvalue weighted by atomic mass is 10.2. The number of aromatic nitrogens is 2. The summed E-state index contributed by atoms with van der Waals surface area (Å²) < 4.78 is 11.4. The number of aryl methyl sites for hydroxylation is 1. The van der Waals surface area contributed by atoms with Crippen molar-refractivity contribution in [3.8, 4) is 11.5 Å². The summed E-state index contributed by atoms with van der Waals surface area (Å²) in [6.45, 7) is 1.95. The fourth-order valence-electron chi connectivity index (χ4n) is 1.83. The minimum atomic E-state index is -0.232. The number of fused-ring (bicyclic) bond motifs is 1. The van der Waals surface area contributed by atoms with Crippen LogP contribution in [-0.2, 0) is 0 Å². The van der Waals surface area contributed by atoms with Crippen molar-refractivity contribution in [2.75, 3.05) is 12.2 Å². The Bertz CT molecular complexity index is 772. The summed E-state index contributed by atoms with van der Waals surface area (Å²) in [5, 5.41) is 4.05. The van der Waals surface area contributed by atoms with Crippen molar-refractivity contribution in [1.29, 1.82) is 0 Å². The van der Waals surface area contributed by atoms with E-state index in [2.05, 4.69) is 36.4 Å². The van der Waals surface area contributed by atoms with Gasteiger partial charge in [-0.2, -0.15) is 5.10 Å². The van der Waals surface area contributed by atoms with E-state index in [1.54, 1.807) is 13.1 Å². The SMILES string of the molecule is Cc1cc(=O)[nH]c(N/N=C\c2cc3c(cc2Br)OCO3)n1. The molecule has 0 radical (unpaired) electrons. The van der Waals surface area contributed by atoms with Crippen LogP contribution >= 0.6 is 15.9 Å². The fraction of sp³-hybridized carbons (Fsp3) is 0.154. The molecule has 1 aliphatic heterocycles. The Balaban J connectivity index is 1.79. The first-order chi connectivity index (χ1) is 10.1. The maximum atomic E-state index is 11.3. The first-order valence-electron chi connectivity index (χ1n) is 6.08. The average molecular weight is 351 g/mol. The highest BCUT2D eigenvalue weighted by Gasteiger charge is 2.15. The van der Waals surface area contributed by atoms with E-state index in [1.807, 2.05) is 12.1 Å². The molecule has 1 aromatic heterocycles. The van der Waals surface area contributed by atoms with Crippen LogP contribution in [-0.4, -0.2) is 23.0 Å². The summed E-state index contributed by atoms with van der Waals surface area (Å²) in [5.41, 5.74) is 3.87. The zero-order valence-corrected chi connectivity index (χ0v) is 12.6. The summed E-state index contributed by atoms with van der Waals surface area (Å²) >= 11 is 3.43. The average Bonchev–Trinajstić information content (AvgIpc) is 2.84. The molecule has 3 rings (SSSR count). The molecule has 0 fully saturated rings. The highest BCUT2D eigenvalue weighted by Crippen LogP contribution is 2.36. The molecule has 0 atom stereocenters. The Hall–Kier alpha value is -2.35. The molecule has 0 bridgehead atoms. The summed E-state index contributed by atoms with van der Waals surface area (Å²) in [7, 11) is 0. The van der Waals surface area contributed by atoms with Gasteiger partial charge < -0.3 is 9.47 Å². The van der Waals surface area contributed by atoms with E-state index < -0.39 is 0 Å². The number of H-pyrrole nitrogens is 1. The number of nitrogens with zero attached hydrogens (tertiary/aromatic N) is 2. The van der Waals surface area contributed by atoms with E-state index in [1.165, 1.54) is 6.07 Å². The Morgan fingerprint density at radius 2 is 2.14 bits per heavy atom. The third kappa shape index (κ3) is 3.05. The predicted molar refractivity (Wildman–Crippen MR) is 81.1 cm³/mol. The van der Waals surface area contributed by atoms with Crippen molar-refractivity contribution in [2.24, 2.45) is 5.10 Å². The van der Waals surface area contributed by atoms with Gasteiger partial charge in [-0.15, -0.1) is 0 Å². The normalized spacial score (nSPS) is 12.9. The summed E-state index contributed by atoms with van der Waals surface area (Å²) in [6, 6.07) is 5.03. The van der Waals surface area contributed by atoms with Gasteiger partial charge in [-0.25, -0.2) is 10.4 Å². The molecular formula is C13H11BrN4O3. The largest absolute Gasteiger partial charge is 0.454 e. The number of benzene rings is 1. The third-order valence-corrected chi connectivity index (χ3v) is 3.42. The number of hydrogen-bond acceptors (Lipinski definition) is 6. The van der Waals surface area contributed by atoms with Crippen molar-refractivity contribution < 1.29 is 9.47 Å². The van der Waals surface area contributed by atoms with E-state index in [4.69, 9.17) is 9.47 Å². The van der Waals surface area contributed by atoms with Crippen LogP contribution in [0.4, 0.5) is 5.95 Å². The van der Waals surface area contributed by atoms with Gasteiger partial charge in [-0.1, -0.05) is 0 Å². The molecule has 21 heavy (non-hydrogen) atoms. The van der Waals surface area contributed by atoms with Crippen LogP contribution in [0.3, 0.4) is 0 Å². The second-order valence-corrected chi connectivity index (χ2v) is 5.19. The topological polar surface area (TPSA) is 88.6 Å². The highest BCUT2D eigenvalue weighted by atomic mass is 79.9. The van der Waals surface area contributed by atoms with E-state index in [0.717, 1.165) is 10.0 Å². The number of halogens is 1. The zero-order valence-electron chi connectivity index (χ0n) is 11.0. The zero-order chi connectivity index (χ0) is 14.8. The van der Waals surface area contributed by atoms with Crippen LogP contribution in [0.2, 0.25) is 0 Å². The van der Waals surface area contributed by atoms with Crippen molar-refractivity contribution in [3.05, 3.63) is 44.3 Å². The number of rotatable bonds is 3. The van der Waals surface area contributed by atoms with Crippen LogP contribution < -0.4 is 20.5 Å². The number of ether oxygens (including phenoxy) is 2. The number of nitrogens with one attached hydrogen (secondary N) is 2. The molecule has 0 amide bonds. The summed E-state index contributed by atoms with van der Waals surface area (Å²) in [4.78, 5) is 18.0. The van der Waals surface area contributed by atoms with Crippen LogP contribution in [0.5, 0.6) is 11.5 Å². The molecule has 0 spiro atoms. The van der Waals surface area contributed by atoms with Gasteiger partial charge in [0.15, 0.2) is 11.5 Å². The maximum Gasteiger partial charge on any atom is 0.252 e. The lowest BCUT2D eigenvalue weighted by Gasteiger charge is -2.02. The Kier molecular flexibility index (Phi) is 3.61. The van der Waals surface area contributed by atoms with Gasteiger partial charge in [0.2, 0.25) is 12.7 Å². The monoisotopic (exact) mass is 350 g/mol. The maximum absolute atomic E-state index is 11.3. The van der Waals surface area contributed by atoms with E-state index in [9.17, 15) is 4.79 Å². The van der Waals surface area contributed by atoms with Gasteiger partial charge in [-0.3, -0.25) is 9.78 Å². The molecule has 2 heterocycles. The van der Waals surface area contributed by atoms with Gasteiger partial charge in [0, 0.05) is 21.8 Å². The predicted octanol–water partition coefficient (Wildman–Crippen LogP) is 2.02. The van der Waals surface area contributed by atoms with E-state index in [0.29, 0.717) is 17.2 Å². The minimum absolute atomic E-state index is 0.217. The first-order valence-corrected chi connectivity index (χ1v) is 6.87. The van der Waals surface area contributed by atoms with Crippen LogP contribution in [0.1, 0.15) is 11.3 Å². The molecule has 0 saturated heterocycles. The molecule has 0 aliphatic carbocycles. The second-order valence-electron chi connectivity index (χ2n) is 4.33. The standard InChI is InChI=1S/C13H11BrN4O3/c1-7-2-12(19)17-13(16-7)18-15-5-8-3-10-11(4-9(8)14)21-6-20-10/h2-5H,6H2,1H3,(H2,16,17,18,19)/b15-5-. The molecule has 1 aliphatic rings. The summed E-state index contributed by atoms with van der Waals surface area (Å²) in [5.74, 6) is 1.64. The quantitative estimate of drug-likeness (QED) is 0.652. The lowest BCUT2D eigenvalue weighted by Crippen LogP contribution is -2.10. The molecule has 2 N–H and O–H groups in total. The molecule has 108 valence electrons. The smallest absolute Gasteiger partial charge is 0.252 e. The second kappa shape index (κ2) is 5.57. The van der Waals surface area contributed by atoms with Gasteiger partial charge in [0.1, 0.15) is 0 Å². The van der Waals surface area contributed by atoms with Gasteiger partial charge in [0.05, 0.1) is 6.21 Å². The number of aromatic amines is 1. The highest BCUT2D eigenvalue weighted by molar-refractivity contribution is 9.10. The van der Waals surface area contributed by atoms with Crippen molar-refractivity contribution in [2.45, 2.75) is 6.92 Å². The number of anilines is 1. The van der Waals surface area contributed by atoms with Crippen LogP contribution in [0, 0.1) is 6.92 Å². The van der Waals surface area contributed by atoms with Gasteiger partial charge >= 0.3 is 0 Å². The number of hydrazone groups is 1. The van der Waals surface area contributed by atoms with Gasteiger partial charge in [-0.05, 0) is 35.0 Å². The van der Waals surface area contributed by atoms with Crippen molar-refractivity contribution in [3.63, 3.8) is 0 Å². The van der Waals surface area contributed by atoms with Gasteiger partial charge in [0.25, 0.3) is 5.56 Å². The van der Waals surface area contributed by atoms with E-state index >= 15 is 0 Å². The molecule has 8 heteroatoms. The van der Waals surface area contributed by atoms with Crippen molar-refractivity contribution in [1.82, 2.24) is 9.97 Å². The Morgan fingerprint density at radius 1 is 1.38 bits per heavy atom. The molecule has 0 unspecified atom stereocenters. The number of hydrogen-bond donors (Lipinski definition) is 2. The van der Waals surface area contributed by atoms with E-state index in [-0.39, 0.29) is 18.3 Å². The molecule has 2 aromatic rings. The third-order valence-electron chi connectivity index (χ3n) is 2.74. The molecular weight excluding hydrogens is 340 g/mol.